The van der Waals surface area contributed by atoms with Crippen molar-refractivity contribution in [3.63, 3.8) is 0 Å². The van der Waals surface area contributed by atoms with Gasteiger partial charge >= 0.3 is 0 Å². The minimum Gasteiger partial charge on any atom is -0.361 e. The highest BCUT2D eigenvalue weighted by Crippen LogP contribution is 2.22. The van der Waals surface area contributed by atoms with Gasteiger partial charge in [-0.2, -0.15) is 4.98 Å². The highest BCUT2D eigenvalue weighted by Gasteiger charge is 2.31. The quantitative estimate of drug-likeness (QED) is 0.821. The van der Waals surface area contributed by atoms with Gasteiger partial charge in [0.05, 0.1) is 12.2 Å². The molecule has 3 rings (SSSR count). The van der Waals surface area contributed by atoms with E-state index in [0.717, 1.165) is 43.1 Å². The van der Waals surface area contributed by atoms with Crippen LogP contribution in [0.5, 0.6) is 0 Å². The fraction of sp³-hybridized carbons (Fsp3) is 0.625. The molecule has 1 fully saturated rings. The molecule has 2 aromatic heterocycles. The second-order valence-corrected chi connectivity index (χ2v) is 6.36. The molecule has 0 aliphatic carbocycles. The largest absolute Gasteiger partial charge is 0.361 e. The molecule has 1 atom stereocenters. The van der Waals surface area contributed by atoms with Crippen LogP contribution in [0.4, 0.5) is 0 Å². The first-order chi connectivity index (χ1) is 11.4. The van der Waals surface area contributed by atoms with Gasteiger partial charge in [0.15, 0.2) is 5.82 Å². The van der Waals surface area contributed by atoms with Crippen LogP contribution in [-0.2, 0) is 17.9 Å². The summed E-state index contributed by atoms with van der Waals surface area (Å²) in [5, 5.41) is 7.90. The van der Waals surface area contributed by atoms with Crippen molar-refractivity contribution in [3.8, 4) is 0 Å². The number of likely N-dealkylation sites (tertiary alicyclic amines) is 1. The van der Waals surface area contributed by atoms with Crippen LogP contribution in [-0.4, -0.2) is 50.1 Å². The molecule has 3 heterocycles. The molecule has 0 spiro atoms. The van der Waals surface area contributed by atoms with E-state index < -0.39 is 0 Å². The third-order valence-corrected chi connectivity index (χ3v) is 4.54. The Bertz CT molecular complexity index is 704. The molecular formula is C16H23N5O3. The van der Waals surface area contributed by atoms with E-state index in [0.29, 0.717) is 18.3 Å². The number of carbonyl (C=O) groups is 1. The lowest BCUT2D eigenvalue weighted by molar-refractivity contribution is -0.131. The number of aromatic nitrogens is 3. The van der Waals surface area contributed by atoms with Crippen molar-refractivity contribution >= 4 is 5.91 Å². The van der Waals surface area contributed by atoms with Crippen LogP contribution in [0.15, 0.2) is 9.05 Å². The fourth-order valence-corrected chi connectivity index (χ4v) is 3.22. The Kier molecular flexibility index (Phi) is 4.66. The fourth-order valence-electron chi connectivity index (χ4n) is 3.22. The van der Waals surface area contributed by atoms with Gasteiger partial charge in [0.2, 0.25) is 11.8 Å². The molecule has 0 bridgehead atoms. The molecule has 8 nitrogen and oxygen atoms in total. The van der Waals surface area contributed by atoms with Gasteiger partial charge in [-0.05, 0) is 20.3 Å². The summed E-state index contributed by atoms with van der Waals surface area (Å²) < 4.78 is 10.2. The smallest absolute Gasteiger partial charge is 0.223 e. The molecular weight excluding hydrogens is 310 g/mol. The molecule has 0 saturated carbocycles. The molecule has 0 radical (unpaired) electrons. The zero-order valence-electron chi connectivity index (χ0n) is 14.6. The Hall–Kier alpha value is -2.22. The first-order valence-electron chi connectivity index (χ1n) is 8.14. The maximum Gasteiger partial charge on any atom is 0.223 e. The first kappa shape index (κ1) is 16.6. The zero-order valence-corrected chi connectivity index (χ0v) is 14.6. The van der Waals surface area contributed by atoms with Gasteiger partial charge in [-0.3, -0.25) is 9.69 Å². The SMILES string of the molecule is CC(=O)N(Cc1noc(C)n1)[C@H]1CCN(Cc2c(C)noc2C)C1. The molecule has 8 heteroatoms. The monoisotopic (exact) mass is 333 g/mol. The van der Waals surface area contributed by atoms with Crippen LogP contribution < -0.4 is 0 Å². The van der Waals surface area contributed by atoms with Gasteiger partial charge in [0.25, 0.3) is 0 Å². The summed E-state index contributed by atoms with van der Waals surface area (Å²) in [7, 11) is 0. The molecule has 1 amide bonds. The van der Waals surface area contributed by atoms with Crippen LogP contribution in [0.3, 0.4) is 0 Å². The topological polar surface area (TPSA) is 88.5 Å². The molecule has 2 aromatic rings. The van der Waals surface area contributed by atoms with E-state index in [9.17, 15) is 4.79 Å². The number of rotatable bonds is 5. The third-order valence-electron chi connectivity index (χ3n) is 4.54. The van der Waals surface area contributed by atoms with Crippen LogP contribution in [0.2, 0.25) is 0 Å². The minimum absolute atomic E-state index is 0.0293. The van der Waals surface area contributed by atoms with Gasteiger partial charge in [0.1, 0.15) is 5.76 Å². The van der Waals surface area contributed by atoms with Gasteiger partial charge in [-0.1, -0.05) is 10.3 Å². The van der Waals surface area contributed by atoms with Gasteiger partial charge in [0, 0.05) is 45.1 Å². The second kappa shape index (κ2) is 6.72. The summed E-state index contributed by atoms with van der Waals surface area (Å²) in [4.78, 5) is 20.4. The zero-order chi connectivity index (χ0) is 17.3. The summed E-state index contributed by atoms with van der Waals surface area (Å²) >= 11 is 0. The van der Waals surface area contributed by atoms with Crippen molar-refractivity contribution in [2.75, 3.05) is 13.1 Å². The van der Waals surface area contributed by atoms with Crippen LogP contribution in [0, 0.1) is 20.8 Å². The summed E-state index contributed by atoms with van der Waals surface area (Å²) in [6.45, 7) is 10.2. The van der Waals surface area contributed by atoms with E-state index in [1.807, 2.05) is 18.7 Å². The van der Waals surface area contributed by atoms with Crippen LogP contribution in [0.25, 0.3) is 0 Å². The Morgan fingerprint density at radius 3 is 2.67 bits per heavy atom. The highest BCUT2D eigenvalue weighted by molar-refractivity contribution is 5.73. The Morgan fingerprint density at radius 1 is 1.29 bits per heavy atom. The third kappa shape index (κ3) is 3.48. The standard InChI is InChI=1S/C16H23N5O3/c1-10-15(11(2)23-18-10)8-20-6-5-14(7-20)21(13(4)22)9-16-17-12(3)24-19-16/h14H,5-9H2,1-4H3/t14-/m0/s1. The summed E-state index contributed by atoms with van der Waals surface area (Å²) in [6, 6.07) is 0.154. The second-order valence-electron chi connectivity index (χ2n) is 6.36. The van der Waals surface area contributed by atoms with Gasteiger partial charge < -0.3 is 13.9 Å². The Labute approximate surface area is 140 Å². The Balaban J connectivity index is 1.65. The van der Waals surface area contributed by atoms with E-state index in [-0.39, 0.29) is 11.9 Å². The number of nitrogens with zero attached hydrogens (tertiary/aromatic N) is 5. The van der Waals surface area contributed by atoms with E-state index in [2.05, 4.69) is 20.2 Å². The average Bonchev–Trinajstić information content (AvgIpc) is 3.22. The van der Waals surface area contributed by atoms with Crippen molar-refractivity contribution in [2.45, 2.75) is 53.2 Å². The molecule has 24 heavy (non-hydrogen) atoms. The molecule has 1 saturated heterocycles. The van der Waals surface area contributed by atoms with Gasteiger partial charge in [-0.15, -0.1) is 0 Å². The maximum absolute atomic E-state index is 12.1. The highest BCUT2D eigenvalue weighted by atomic mass is 16.5. The van der Waals surface area contributed by atoms with E-state index in [1.54, 1.807) is 13.8 Å². The normalized spacial score (nSPS) is 18.2. The predicted octanol–water partition coefficient (Wildman–Crippen LogP) is 1.61. The number of aryl methyl sites for hydroxylation is 3. The lowest BCUT2D eigenvalue weighted by Crippen LogP contribution is -2.40. The van der Waals surface area contributed by atoms with Crippen LogP contribution in [0.1, 0.15) is 42.1 Å². The van der Waals surface area contributed by atoms with E-state index >= 15 is 0 Å². The van der Waals surface area contributed by atoms with E-state index in [1.165, 1.54) is 0 Å². The van der Waals surface area contributed by atoms with Crippen molar-refractivity contribution < 1.29 is 13.8 Å². The van der Waals surface area contributed by atoms with Crippen LogP contribution >= 0.6 is 0 Å². The number of carbonyl (C=O) groups excluding carboxylic acids is 1. The molecule has 0 N–H and O–H groups in total. The average molecular weight is 333 g/mol. The lowest BCUT2D eigenvalue weighted by atomic mass is 10.2. The first-order valence-corrected chi connectivity index (χ1v) is 8.14. The molecule has 0 aromatic carbocycles. The molecule has 130 valence electrons. The van der Waals surface area contributed by atoms with Crippen molar-refractivity contribution in [3.05, 3.63) is 28.7 Å². The number of hydrogen-bond donors (Lipinski definition) is 0. The van der Waals surface area contributed by atoms with Crippen molar-refractivity contribution in [2.24, 2.45) is 0 Å². The molecule has 0 unspecified atom stereocenters. The summed E-state index contributed by atoms with van der Waals surface area (Å²) in [6.07, 6.45) is 0.930. The van der Waals surface area contributed by atoms with Crippen molar-refractivity contribution in [1.82, 2.24) is 25.1 Å². The summed E-state index contributed by atoms with van der Waals surface area (Å²) in [5.41, 5.74) is 2.07. The predicted molar refractivity (Wildman–Crippen MR) is 84.9 cm³/mol. The number of amides is 1. The lowest BCUT2D eigenvalue weighted by Gasteiger charge is -2.27. The molecule has 1 aliphatic heterocycles. The van der Waals surface area contributed by atoms with Gasteiger partial charge in [-0.25, -0.2) is 0 Å². The minimum atomic E-state index is 0.0293. The summed E-state index contributed by atoms with van der Waals surface area (Å²) in [5.74, 6) is 1.95. The maximum atomic E-state index is 12.1. The van der Waals surface area contributed by atoms with Crippen molar-refractivity contribution in [1.29, 1.82) is 0 Å². The van der Waals surface area contributed by atoms with E-state index in [4.69, 9.17) is 9.05 Å². The molecule has 1 aliphatic rings. The Morgan fingerprint density at radius 2 is 2.08 bits per heavy atom. The number of hydrogen-bond acceptors (Lipinski definition) is 7.